The van der Waals surface area contributed by atoms with Crippen molar-refractivity contribution in [3.8, 4) is 0 Å². The molecule has 1 aliphatic rings. The quantitative estimate of drug-likeness (QED) is 0.885. The molecular weight excluding hydrogens is 300 g/mol. The molecule has 2 unspecified atom stereocenters. The fourth-order valence-electron chi connectivity index (χ4n) is 2.08. The van der Waals surface area contributed by atoms with E-state index in [4.69, 9.17) is 16.7 Å². The number of hydrogen-bond acceptors (Lipinski definition) is 3. The Labute approximate surface area is 123 Å². The van der Waals surface area contributed by atoms with Gasteiger partial charge in [-0.2, -0.15) is 0 Å². The molecule has 0 saturated heterocycles. The molecule has 0 heterocycles. The van der Waals surface area contributed by atoms with Gasteiger partial charge in [-0.05, 0) is 42.9 Å². The Morgan fingerprint density at radius 1 is 1.50 bits per heavy atom. The summed E-state index contributed by atoms with van der Waals surface area (Å²) in [5, 5.41) is 7.96. The Balaban J connectivity index is 2.23. The predicted molar refractivity (Wildman–Crippen MR) is 77.2 cm³/mol. The highest BCUT2D eigenvalue weighted by Crippen LogP contribution is 2.36. The van der Waals surface area contributed by atoms with Crippen LogP contribution >= 0.6 is 11.6 Å². The number of sulfonamides is 1. The van der Waals surface area contributed by atoms with Crippen molar-refractivity contribution in [1.29, 1.82) is 0 Å². The molecule has 110 valence electrons. The molecule has 1 aromatic carbocycles. The first-order valence-electron chi connectivity index (χ1n) is 6.31. The average Bonchev–Trinajstić information content (AvgIpc) is 3.04. The molecule has 1 amide bonds. The zero-order valence-electron chi connectivity index (χ0n) is 11.3. The first-order chi connectivity index (χ1) is 9.20. The Morgan fingerprint density at radius 2 is 2.10 bits per heavy atom. The molecule has 3 N–H and O–H groups in total. The van der Waals surface area contributed by atoms with Crippen LogP contribution in [0.15, 0.2) is 17.0 Å². The van der Waals surface area contributed by atoms with Gasteiger partial charge in [-0.1, -0.05) is 18.5 Å². The lowest BCUT2D eigenvalue weighted by molar-refractivity contribution is 0.0951. The molecule has 2 atom stereocenters. The number of nitrogens with one attached hydrogen (secondary N) is 1. The van der Waals surface area contributed by atoms with E-state index < -0.39 is 10.0 Å². The summed E-state index contributed by atoms with van der Waals surface area (Å²) in [4.78, 5) is 11.8. The summed E-state index contributed by atoms with van der Waals surface area (Å²) in [6, 6.07) is 2.78. The third kappa shape index (κ3) is 3.31. The van der Waals surface area contributed by atoms with E-state index in [9.17, 15) is 13.2 Å². The lowest BCUT2D eigenvalue weighted by Crippen LogP contribution is -2.26. The first kappa shape index (κ1) is 15.3. The van der Waals surface area contributed by atoms with Crippen molar-refractivity contribution in [3.05, 3.63) is 28.3 Å². The molecule has 0 aliphatic heterocycles. The maximum atomic E-state index is 12.0. The number of benzene rings is 1. The van der Waals surface area contributed by atoms with Crippen molar-refractivity contribution < 1.29 is 13.2 Å². The number of carbonyl (C=O) groups excluding carboxylic acids is 1. The number of hydrogen-bond donors (Lipinski definition) is 2. The summed E-state index contributed by atoms with van der Waals surface area (Å²) < 4.78 is 22.9. The molecule has 2 rings (SSSR count). The van der Waals surface area contributed by atoms with Gasteiger partial charge >= 0.3 is 0 Å². The molecule has 1 aliphatic carbocycles. The second-order valence-electron chi connectivity index (χ2n) is 5.33. The fraction of sp³-hybridized carbons (Fsp3) is 0.462. The van der Waals surface area contributed by atoms with Crippen LogP contribution in [0, 0.1) is 18.8 Å². The second kappa shape index (κ2) is 5.35. The summed E-state index contributed by atoms with van der Waals surface area (Å²) in [6.07, 6.45) is 1.11. The van der Waals surface area contributed by atoms with Crippen LogP contribution in [0.1, 0.15) is 29.3 Å². The highest BCUT2D eigenvalue weighted by Gasteiger charge is 2.32. The van der Waals surface area contributed by atoms with Crippen molar-refractivity contribution >= 4 is 27.5 Å². The van der Waals surface area contributed by atoms with Gasteiger partial charge in [0.1, 0.15) is 4.90 Å². The molecule has 1 saturated carbocycles. The Morgan fingerprint density at radius 3 is 2.60 bits per heavy atom. The highest BCUT2D eigenvalue weighted by atomic mass is 35.5. The lowest BCUT2D eigenvalue weighted by Gasteiger charge is -2.10. The number of aryl methyl sites for hydroxylation is 1. The van der Waals surface area contributed by atoms with Crippen molar-refractivity contribution in [2.45, 2.75) is 25.2 Å². The average molecular weight is 317 g/mol. The van der Waals surface area contributed by atoms with Crippen LogP contribution in [0.2, 0.25) is 5.02 Å². The van der Waals surface area contributed by atoms with Crippen LogP contribution in [0.25, 0.3) is 0 Å². The van der Waals surface area contributed by atoms with Gasteiger partial charge in [0.25, 0.3) is 5.91 Å². The Kier molecular flexibility index (Phi) is 4.09. The highest BCUT2D eigenvalue weighted by molar-refractivity contribution is 7.89. The van der Waals surface area contributed by atoms with Gasteiger partial charge in [-0.3, -0.25) is 4.79 Å². The molecule has 7 heteroatoms. The van der Waals surface area contributed by atoms with E-state index in [2.05, 4.69) is 12.2 Å². The van der Waals surface area contributed by atoms with Gasteiger partial charge in [0.2, 0.25) is 10.0 Å². The first-order valence-corrected chi connectivity index (χ1v) is 8.23. The topological polar surface area (TPSA) is 89.3 Å². The number of rotatable bonds is 4. The van der Waals surface area contributed by atoms with Gasteiger partial charge in [-0.25, -0.2) is 13.6 Å². The number of halogens is 1. The Hall–Kier alpha value is -1.11. The normalized spacial score (nSPS) is 21.6. The van der Waals surface area contributed by atoms with E-state index in [0.717, 1.165) is 6.42 Å². The maximum Gasteiger partial charge on any atom is 0.251 e. The van der Waals surface area contributed by atoms with Crippen molar-refractivity contribution in [1.82, 2.24) is 5.32 Å². The monoisotopic (exact) mass is 316 g/mol. The number of carbonyl (C=O) groups is 1. The van der Waals surface area contributed by atoms with Crippen LogP contribution in [0.4, 0.5) is 0 Å². The molecule has 0 radical (unpaired) electrons. The molecule has 1 fully saturated rings. The minimum Gasteiger partial charge on any atom is -0.352 e. The zero-order valence-corrected chi connectivity index (χ0v) is 12.9. The molecule has 1 aromatic rings. The minimum atomic E-state index is -3.95. The third-order valence-corrected chi connectivity index (χ3v) is 5.14. The van der Waals surface area contributed by atoms with E-state index >= 15 is 0 Å². The van der Waals surface area contributed by atoms with Crippen LogP contribution < -0.4 is 10.5 Å². The summed E-state index contributed by atoms with van der Waals surface area (Å²) in [6.45, 7) is 4.37. The second-order valence-corrected chi connectivity index (χ2v) is 7.24. The van der Waals surface area contributed by atoms with Gasteiger partial charge < -0.3 is 5.32 Å². The van der Waals surface area contributed by atoms with Gasteiger partial charge in [0.05, 0.1) is 5.02 Å². The number of primary sulfonamides is 1. The smallest absolute Gasteiger partial charge is 0.251 e. The maximum absolute atomic E-state index is 12.0. The van der Waals surface area contributed by atoms with E-state index in [1.54, 1.807) is 13.0 Å². The third-order valence-electron chi connectivity index (χ3n) is 3.59. The molecular formula is C13H17ClN2O3S. The molecule has 5 nitrogen and oxygen atoms in total. The van der Waals surface area contributed by atoms with Crippen molar-refractivity contribution in [2.24, 2.45) is 17.0 Å². The number of nitrogens with two attached hydrogens (primary N) is 1. The summed E-state index contributed by atoms with van der Waals surface area (Å²) in [5.74, 6) is 0.848. The Bertz CT molecular complexity index is 658. The molecule has 0 aromatic heterocycles. The van der Waals surface area contributed by atoms with Gasteiger partial charge in [-0.15, -0.1) is 0 Å². The van der Waals surface area contributed by atoms with E-state index in [-0.39, 0.29) is 21.4 Å². The van der Waals surface area contributed by atoms with Crippen LogP contribution in [0.5, 0.6) is 0 Å². The lowest BCUT2D eigenvalue weighted by atomic mass is 10.1. The van der Waals surface area contributed by atoms with Gasteiger partial charge in [0.15, 0.2) is 0 Å². The molecule has 0 bridgehead atoms. The largest absolute Gasteiger partial charge is 0.352 e. The van der Waals surface area contributed by atoms with Crippen molar-refractivity contribution in [3.63, 3.8) is 0 Å². The zero-order chi connectivity index (χ0) is 15.1. The van der Waals surface area contributed by atoms with Crippen LogP contribution in [-0.4, -0.2) is 20.9 Å². The predicted octanol–water partition coefficient (Wildman–Crippen LogP) is 1.68. The SMILES string of the molecule is Cc1cc(C(=O)NCC2CC2C)cc(S(N)(=O)=O)c1Cl. The van der Waals surface area contributed by atoms with E-state index in [1.807, 2.05) is 0 Å². The van der Waals surface area contributed by atoms with Crippen molar-refractivity contribution in [2.75, 3.05) is 6.54 Å². The molecule has 20 heavy (non-hydrogen) atoms. The summed E-state index contributed by atoms with van der Waals surface area (Å²) in [5.41, 5.74) is 0.757. The standard InChI is InChI=1S/C13H17ClN2O3S/c1-7-3-10(7)6-16-13(17)9-4-8(2)12(14)11(5-9)20(15,18)19/h4-5,7,10H,3,6H2,1-2H3,(H,16,17)(H2,15,18,19). The van der Waals surface area contributed by atoms with Crippen LogP contribution in [-0.2, 0) is 10.0 Å². The molecule has 0 spiro atoms. The van der Waals surface area contributed by atoms with E-state index in [0.29, 0.717) is 23.9 Å². The summed E-state index contributed by atoms with van der Waals surface area (Å²) >= 11 is 5.92. The summed E-state index contributed by atoms with van der Waals surface area (Å²) in [7, 11) is -3.95. The minimum absolute atomic E-state index is 0.0554. The number of amides is 1. The van der Waals surface area contributed by atoms with Gasteiger partial charge in [0, 0.05) is 12.1 Å². The van der Waals surface area contributed by atoms with Crippen LogP contribution in [0.3, 0.4) is 0 Å². The fourth-order valence-corrected chi connectivity index (χ4v) is 3.22. The van der Waals surface area contributed by atoms with E-state index in [1.165, 1.54) is 6.07 Å².